The summed E-state index contributed by atoms with van der Waals surface area (Å²) < 4.78 is 5.35. The van der Waals surface area contributed by atoms with E-state index in [0.717, 1.165) is 5.56 Å². The maximum absolute atomic E-state index is 13.6. The molecule has 3 N–H and O–H groups in total. The number of nitrogens with zero attached hydrogens (tertiary/aromatic N) is 1. The number of hydrogen-bond donors (Lipinski definition) is 3. The van der Waals surface area contributed by atoms with Crippen molar-refractivity contribution in [1.82, 2.24) is 15.5 Å². The monoisotopic (exact) mass is 483 g/mol. The Morgan fingerprint density at radius 3 is 2.14 bits per heavy atom. The summed E-state index contributed by atoms with van der Waals surface area (Å²) in [5, 5.41) is 15.3. The molecule has 2 aromatic carbocycles. The standard InChI is InChI=1S/C27H37N3O5/c1-18(2)16-22(29-26(34)35-27(3,4)5)25(33)30(6)23(20-12-14-21(31)15-13-20)24(32)28-17-19-10-8-7-9-11-19/h7-15,18,22-23,31H,16-17H2,1-6H3,(H,28,32)(H,29,34). The van der Waals surface area contributed by atoms with Crippen molar-refractivity contribution < 1.29 is 24.2 Å². The highest BCUT2D eigenvalue weighted by Crippen LogP contribution is 2.24. The first kappa shape index (κ1) is 27.7. The minimum absolute atomic E-state index is 0.0513. The fraction of sp³-hybridized carbons (Fsp3) is 0.444. The van der Waals surface area contributed by atoms with Crippen LogP contribution >= 0.6 is 0 Å². The number of alkyl carbamates (subject to hydrolysis) is 1. The van der Waals surface area contributed by atoms with Crippen LogP contribution < -0.4 is 10.6 Å². The van der Waals surface area contributed by atoms with Crippen LogP contribution in [-0.2, 0) is 20.9 Å². The van der Waals surface area contributed by atoms with Gasteiger partial charge in [-0.05, 0) is 56.4 Å². The first-order chi connectivity index (χ1) is 16.4. The van der Waals surface area contributed by atoms with E-state index in [1.54, 1.807) is 32.9 Å². The number of hydrogen-bond acceptors (Lipinski definition) is 5. The smallest absolute Gasteiger partial charge is 0.408 e. The summed E-state index contributed by atoms with van der Waals surface area (Å²) in [6.45, 7) is 9.42. The Morgan fingerprint density at radius 2 is 1.60 bits per heavy atom. The lowest BCUT2D eigenvalue weighted by molar-refractivity contribution is -0.141. The minimum atomic E-state index is -0.970. The average molecular weight is 484 g/mol. The van der Waals surface area contributed by atoms with E-state index in [9.17, 15) is 19.5 Å². The molecule has 0 aliphatic heterocycles. The molecule has 0 radical (unpaired) electrons. The van der Waals surface area contributed by atoms with Crippen LogP contribution in [0.1, 0.15) is 58.2 Å². The topological polar surface area (TPSA) is 108 Å². The van der Waals surface area contributed by atoms with E-state index in [2.05, 4.69) is 10.6 Å². The first-order valence-electron chi connectivity index (χ1n) is 11.7. The fourth-order valence-electron chi connectivity index (χ4n) is 3.60. The van der Waals surface area contributed by atoms with Crippen LogP contribution in [0.5, 0.6) is 5.75 Å². The number of nitrogens with one attached hydrogen (secondary N) is 2. The Bertz CT molecular complexity index is 984. The van der Waals surface area contributed by atoms with E-state index >= 15 is 0 Å². The highest BCUT2D eigenvalue weighted by Gasteiger charge is 2.34. The normalized spacial score (nSPS) is 13.0. The number of rotatable bonds is 9. The highest BCUT2D eigenvalue weighted by atomic mass is 16.6. The lowest BCUT2D eigenvalue weighted by Crippen LogP contribution is -2.52. The van der Waals surface area contributed by atoms with Crippen molar-refractivity contribution in [2.45, 2.75) is 65.3 Å². The van der Waals surface area contributed by atoms with Gasteiger partial charge >= 0.3 is 6.09 Å². The van der Waals surface area contributed by atoms with Crippen molar-refractivity contribution >= 4 is 17.9 Å². The van der Waals surface area contributed by atoms with Gasteiger partial charge in [-0.3, -0.25) is 9.59 Å². The molecule has 0 fully saturated rings. The van der Waals surface area contributed by atoms with Crippen LogP contribution in [0, 0.1) is 5.92 Å². The summed E-state index contributed by atoms with van der Waals surface area (Å²) in [6, 6.07) is 13.7. The molecule has 0 spiro atoms. The van der Waals surface area contributed by atoms with E-state index in [-0.39, 0.29) is 17.6 Å². The summed E-state index contributed by atoms with van der Waals surface area (Å²) >= 11 is 0. The minimum Gasteiger partial charge on any atom is -0.508 e. The number of carbonyl (C=O) groups is 3. The van der Waals surface area contributed by atoms with Gasteiger partial charge in [0, 0.05) is 13.6 Å². The Labute approximate surface area is 207 Å². The Hall–Kier alpha value is -3.55. The molecule has 2 rings (SSSR count). The summed E-state index contributed by atoms with van der Waals surface area (Å²) in [6.07, 6.45) is -0.323. The van der Waals surface area contributed by atoms with E-state index in [4.69, 9.17) is 4.74 Å². The quantitative estimate of drug-likeness (QED) is 0.497. The third-order valence-corrected chi connectivity index (χ3v) is 5.20. The number of likely N-dealkylation sites (N-methyl/N-ethyl adjacent to an activating group) is 1. The third kappa shape index (κ3) is 8.96. The molecule has 190 valence electrons. The second-order valence-corrected chi connectivity index (χ2v) is 9.97. The number of aromatic hydroxyl groups is 1. The van der Waals surface area contributed by atoms with Gasteiger partial charge in [0.15, 0.2) is 0 Å². The van der Waals surface area contributed by atoms with Gasteiger partial charge in [0.25, 0.3) is 0 Å². The number of ether oxygens (including phenoxy) is 1. The lowest BCUT2D eigenvalue weighted by atomic mass is 9.99. The molecule has 2 unspecified atom stereocenters. The van der Waals surface area contributed by atoms with E-state index in [1.807, 2.05) is 44.2 Å². The van der Waals surface area contributed by atoms with Crippen molar-refractivity contribution in [3.63, 3.8) is 0 Å². The first-order valence-corrected chi connectivity index (χ1v) is 11.7. The number of phenols is 1. The van der Waals surface area contributed by atoms with Crippen molar-refractivity contribution in [2.24, 2.45) is 5.92 Å². The molecule has 0 heterocycles. The molecule has 0 bridgehead atoms. The molecule has 0 aliphatic rings. The zero-order valence-corrected chi connectivity index (χ0v) is 21.4. The van der Waals surface area contributed by atoms with Crippen molar-refractivity contribution in [3.8, 4) is 5.75 Å². The van der Waals surface area contributed by atoms with Gasteiger partial charge in [0.2, 0.25) is 11.8 Å². The third-order valence-electron chi connectivity index (χ3n) is 5.20. The molecule has 35 heavy (non-hydrogen) atoms. The predicted octanol–water partition coefficient (Wildman–Crippen LogP) is 4.15. The SMILES string of the molecule is CC(C)CC(NC(=O)OC(C)(C)C)C(=O)N(C)C(C(=O)NCc1ccccc1)c1ccc(O)cc1. The molecule has 0 aliphatic carbocycles. The molecule has 0 aromatic heterocycles. The maximum Gasteiger partial charge on any atom is 0.408 e. The summed E-state index contributed by atoms with van der Waals surface area (Å²) in [7, 11) is 1.53. The van der Waals surface area contributed by atoms with Gasteiger partial charge in [0.1, 0.15) is 23.4 Å². The molecule has 0 saturated heterocycles. The van der Waals surface area contributed by atoms with Gasteiger partial charge in [0.05, 0.1) is 0 Å². The van der Waals surface area contributed by atoms with Gasteiger partial charge in [-0.15, -0.1) is 0 Å². The Balaban J connectivity index is 2.29. The number of carbonyl (C=O) groups excluding carboxylic acids is 3. The molecule has 8 nitrogen and oxygen atoms in total. The molecular weight excluding hydrogens is 446 g/mol. The lowest BCUT2D eigenvalue weighted by Gasteiger charge is -2.32. The van der Waals surface area contributed by atoms with Crippen molar-refractivity contribution in [3.05, 3.63) is 65.7 Å². The Morgan fingerprint density at radius 1 is 1.00 bits per heavy atom. The van der Waals surface area contributed by atoms with Crippen LogP contribution in [0.15, 0.2) is 54.6 Å². The maximum atomic E-state index is 13.6. The number of benzene rings is 2. The van der Waals surface area contributed by atoms with Gasteiger partial charge < -0.3 is 25.4 Å². The molecular formula is C27H37N3O5. The summed E-state index contributed by atoms with van der Waals surface area (Å²) in [4.78, 5) is 40.7. The molecule has 8 heteroatoms. The highest BCUT2D eigenvalue weighted by molar-refractivity contribution is 5.92. The Kier molecular flexibility index (Phi) is 9.68. The summed E-state index contributed by atoms with van der Waals surface area (Å²) in [5.74, 6) is -0.643. The average Bonchev–Trinajstić information content (AvgIpc) is 2.77. The second-order valence-electron chi connectivity index (χ2n) is 9.97. The zero-order valence-electron chi connectivity index (χ0n) is 21.4. The van der Waals surface area contributed by atoms with E-state index < -0.39 is 29.7 Å². The van der Waals surface area contributed by atoms with Gasteiger partial charge in [-0.25, -0.2) is 4.79 Å². The van der Waals surface area contributed by atoms with Crippen molar-refractivity contribution in [2.75, 3.05) is 7.05 Å². The van der Waals surface area contributed by atoms with Crippen LogP contribution in [0.3, 0.4) is 0 Å². The van der Waals surface area contributed by atoms with Crippen LogP contribution in [0.25, 0.3) is 0 Å². The predicted molar refractivity (Wildman–Crippen MR) is 135 cm³/mol. The zero-order chi connectivity index (χ0) is 26.2. The fourth-order valence-corrected chi connectivity index (χ4v) is 3.60. The van der Waals surface area contributed by atoms with Crippen molar-refractivity contribution in [1.29, 1.82) is 0 Å². The summed E-state index contributed by atoms with van der Waals surface area (Å²) in [5.41, 5.74) is 0.737. The van der Waals surface area contributed by atoms with E-state index in [0.29, 0.717) is 18.5 Å². The van der Waals surface area contributed by atoms with E-state index in [1.165, 1.54) is 24.1 Å². The number of phenolic OH excluding ortho intramolecular Hbond substituents is 1. The van der Waals surface area contributed by atoms with Gasteiger partial charge in [-0.1, -0.05) is 56.3 Å². The second kappa shape index (κ2) is 12.2. The molecule has 2 atom stereocenters. The molecule has 2 aromatic rings. The van der Waals surface area contributed by atoms with Gasteiger partial charge in [-0.2, -0.15) is 0 Å². The molecule has 0 saturated carbocycles. The van der Waals surface area contributed by atoms with Crippen LogP contribution in [0.2, 0.25) is 0 Å². The van der Waals surface area contributed by atoms with Crippen LogP contribution in [-0.4, -0.2) is 46.6 Å². The largest absolute Gasteiger partial charge is 0.508 e. The van der Waals surface area contributed by atoms with Crippen LogP contribution in [0.4, 0.5) is 4.79 Å². The number of amides is 3. The molecule has 3 amide bonds.